The van der Waals surface area contributed by atoms with Crippen LogP contribution >= 0.6 is 0 Å². The van der Waals surface area contributed by atoms with E-state index in [0.29, 0.717) is 24.8 Å². The summed E-state index contributed by atoms with van der Waals surface area (Å²) in [5.74, 6) is 1.16. The maximum absolute atomic E-state index is 12.1. The van der Waals surface area contributed by atoms with Crippen LogP contribution in [0.5, 0.6) is 0 Å². The first-order valence-corrected chi connectivity index (χ1v) is 8.65. The van der Waals surface area contributed by atoms with Crippen LogP contribution in [0, 0.1) is 11.8 Å². The topological polar surface area (TPSA) is 72.2 Å². The Morgan fingerprint density at radius 3 is 2.61 bits per heavy atom. The molecule has 0 heterocycles. The molecule has 1 saturated carbocycles. The van der Waals surface area contributed by atoms with Gasteiger partial charge in [0.05, 0.1) is 5.75 Å². The lowest BCUT2D eigenvalue weighted by atomic mass is 9.77. The Bertz CT molecular complexity index is 354. The summed E-state index contributed by atoms with van der Waals surface area (Å²) in [7, 11) is -3.20. The molecule has 18 heavy (non-hydrogen) atoms. The summed E-state index contributed by atoms with van der Waals surface area (Å²) in [5, 5.41) is 0. The van der Waals surface area contributed by atoms with Crippen molar-refractivity contribution in [3.05, 3.63) is 0 Å². The normalized spacial score (nSPS) is 29.7. The van der Waals surface area contributed by atoms with Gasteiger partial charge in [-0.25, -0.2) is 13.1 Å². The van der Waals surface area contributed by atoms with Crippen molar-refractivity contribution in [2.24, 2.45) is 17.6 Å². The van der Waals surface area contributed by atoms with Crippen LogP contribution in [0.1, 0.15) is 52.9 Å². The molecule has 1 aliphatic carbocycles. The van der Waals surface area contributed by atoms with Crippen LogP contribution < -0.4 is 10.5 Å². The lowest BCUT2D eigenvalue weighted by molar-refractivity contribution is 0.223. The van der Waals surface area contributed by atoms with Gasteiger partial charge in [0.15, 0.2) is 0 Å². The number of hydrogen-bond donors (Lipinski definition) is 2. The van der Waals surface area contributed by atoms with E-state index in [9.17, 15) is 8.42 Å². The third-order valence-corrected chi connectivity index (χ3v) is 5.34. The van der Waals surface area contributed by atoms with Crippen LogP contribution in [0.2, 0.25) is 0 Å². The van der Waals surface area contributed by atoms with Crippen molar-refractivity contribution in [1.82, 2.24) is 4.72 Å². The number of hydrogen-bond acceptors (Lipinski definition) is 3. The molecule has 1 fully saturated rings. The summed E-state index contributed by atoms with van der Waals surface area (Å²) in [6, 6.07) is 0. The van der Waals surface area contributed by atoms with Gasteiger partial charge in [0.1, 0.15) is 0 Å². The first-order valence-electron chi connectivity index (χ1n) is 7.00. The highest BCUT2D eigenvalue weighted by atomic mass is 32.2. The molecule has 2 unspecified atom stereocenters. The van der Waals surface area contributed by atoms with Crippen molar-refractivity contribution >= 4 is 10.0 Å². The Labute approximate surface area is 112 Å². The van der Waals surface area contributed by atoms with Gasteiger partial charge < -0.3 is 5.73 Å². The van der Waals surface area contributed by atoms with Crippen molar-refractivity contribution in [2.45, 2.75) is 58.4 Å². The van der Waals surface area contributed by atoms with Crippen LogP contribution in [-0.4, -0.2) is 26.3 Å². The van der Waals surface area contributed by atoms with E-state index in [1.54, 1.807) is 0 Å². The molecule has 2 atom stereocenters. The summed E-state index contributed by atoms with van der Waals surface area (Å²) in [5.41, 5.74) is 5.44. The predicted octanol–water partition coefficient (Wildman–Crippen LogP) is 1.86. The van der Waals surface area contributed by atoms with Gasteiger partial charge in [-0.05, 0) is 31.1 Å². The van der Waals surface area contributed by atoms with Crippen molar-refractivity contribution in [3.63, 3.8) is 0 Å². The highest BCUT2D eigenvalue weighted by Gasteiger charge is 2.36. The molecule has 108 valence electrons. The van der Waals surface area contributed by atoms with Crippen molar-refractivity contribution < 1.29 is 8.42 Å². The van der Waals surface area contributed by atoms with Crippen molar-refractivity contribution in [1.29, 1.82) is 0 Å². The number of sulfonamides is 1. The molecule has 0 radical (unpaired) electrons. The predicted molar refractivity (Wildman–Crippen MR) is 75.8 cm³/mol. The van der Waals surface area contributed by atoms with Gasteiger partial charge >= 0.3 is 0 Å². The minimum atomic E-state index is -3.20. The molecule has 4 nitrogen and oxygen atoms in total. The lowest BCUT2D eigenvalue weighted by Crippen LogP contribution is -2.56. The summed E-state index contributed by atoms with van der Waals surface area (Å²) < 4.78 is 27.1. The number of nitrogens with one attached hydrogen (secondary N) is 1. The van der Waals surface area contributed by atoms with Crippen LogP contribution in [0.25, 0.3) is 0 Å². The molecular formula is C13H28N2O2S. The van der Waals surface area contributed by atoms with Crippen LogP contribution in [0.4, 0.5) is 0 Å². The van der Waals surface area contributed by atoms with Crippen molar-refractivity contribution in [2.75, 3.05) is 12.3 Å². The Kier molecular flexibility index (Phi) is 5.62. The van der Waals surface area contributed by atoms with E-state index in [1.807, 2.05) is 13.8 Å². The zero-order valence-corrected chi connectivity index (χ0v) is 12.7. The Balaban J connectivity index is 2.66. The summed E-state index contributed by atoms with van der Waals surface area (Å²) >= 11 is 0. The largest absolute Gasteiger partial charge is 0.329 e. The standard InChI is InChI=1S/C13H28N2O2S/c1-11(2)6-8-18(16,17)15-13(10-14)7-4-5-12(3)9-13/h11-12,15H,4-10,14H2,1-3H3. The molecule has 0 aromatic rings. The van der Waals surface area contributed by atoms with Crippen molar-refractivity contribution in [3.8, 4) is 0 Å². The average molecular weight is 276 g/mol. The zero-order valence-electron chi connectivity index (χ0n) is 11.9. The first-order chi connectivity index (χ1) is 8.29. The molecule has 3 N–H and O–H groups in total. The molecule has 1 rings (SSSR count). The van der Waals surface area contributed by atoms with E-state index < -0.39 is 15.6 Å². The maximum Gasteiger partial charge on any atom is 0.212 e. The third-order valence-electron chi connectivity index (χ3n) is 3.82. The second-order valence-electron chi connectivity index (χ2n) is 6.29. The fourth-order valence-electron chi connectivity index (χ4n) is 2.75. The quantitative estimate of drug-likeness (QED) is 0.778. The Morgan fingerprint density at radius 1 is 1.44 bits per heavy atom. The molecule has 5 heteroatoms. The maximum atomic E-state index is 12.1. The molecule has 0 aliphatic heterocycles. The average Bonchev–Trinajstić information content (AvgIpc) is 2.26. The van der Waals surface area contributed by atoms with E-state index >= 15 is 0 Å². The van der Waals surface area contributed by atoms with Gasteiger partial charge in [-0.15, -0.1) is 0 Å². The SMILES string of the molecule is CC(C)CCS(=O)(=O)NC1(CN)CCCC(C)C1. The minimum absolute atomic E-state index is 0.209. The van der Waals surface area contributed by atoms with E-state index in [1.165, 1.54) is 6.42 Å². The lowest BCUT2D eigenvalue weighted by Gasteiger charge is -2.39. The second-order valence-corrected chi connectivity index (χ2v) is 8.13. The Morgan fingerprint density at radius 2 is 2.11 bits per heavy atom. The van der Waals surface area contributed by atoms with Crippen LogP contribution in [0.3, 0.4) is 0 Å². The second kappa shape index (κ2) is 6.35. The molecule has 0 amide bonds. The smallest absolute Gasteiger partial charge is 0.212 e. The third kappa shape index (κ3) is 4.86. The van der Waals surface area contributed by atoms with E-state index in [2.05, 4.69) is 11.6 Å². The van der Waals surface area contributed by atoms with E-state index in [-0.39, 0.29) is 5.75 Å². The fourth-order valence-corrected chi connectivity index (χ4v) is 4.56. The van der Waals surface area contributed by atoms with Gasteiger partial charge in [0.2, 0.25) is 10.0 Å². The summed E-state index contributed by atoms with van der Waals surface area (Å²) in [4.78, 5) is 0. The molecule has 0 aromatic heterocycles. The van der Waals surface area contributed by atoms with Crippen LogP contribution in [-0.2, 0) is 10.0 Å². The minimum Gasteiger partial charge on any atom is -0.329 e. The first kappa shape index (κ1) is 15.9. The highest BCUT2D eigenvalue weighted by molar-refractivity contribution is 7.89. The van der Waals surface area contributed by atoms with Gasteiger partial charge in [-0.3, -0.25) is 0 Å². The van der Waals surface area contributed by atoms with Gasteiger partial charge in [0, 0.05) is 12.1 Å². The number of nitrogens with two attached hydrogens (primary N) is 1. The summed E-state index contributed by atoms with van der Waals surface area (Å²) in [6.07, 6.45) is 4.67. The molecule has 0 saturated heterocycles. The molecule has 0 bridgehead atoms. The van der Waals surface area contributed by atoms with Crippen LogP contribution in [0.15, 0.2) is 0 Å². The highest BCUT2D eigenvalue weighted by Crippen LogP contribution is 2.32. The fraction of sp³-hybridized carbons (Fsp3) is 1.00. The molecule has 1 aliphatic rings. The zero-order chi connectivity index (χ0) is 13.8. The molecule has 0 aromatic carbocycles. The van der Waals surface area contributed by atoms with Gasteiger partial charge in [0.25, 0.3) is 0 Å². The van der Waals surface area contributed by atoms with E-state index in [4.69, 9.17) is 5.73 Å². The molecular weight excluding hydrogens is 248 g/mol. The van der Waals surface area contributed by atoms with Gasteiger partial charge in [-0.2, -0.15) is 0 Å². The molecule has 0 spiro atoms. The monoisotopic (exact) mass is 276 g/mol. The van der Waals surface area contributed by atoms with E-state index in [0.717, 1.165) is 19.3 Å². The summed E-state index contributed by atoms with van der Waals surface area (Å²) in [6.45, 7) is 6.65. The van der Waals surface area contributed by atoms with Gasteiger partial charge in [-0.1, -0.05) is 33.6 Å². The Hall–Kier alpha value is -0.130. The number of rotatable bonds is 6.